The Kier molecular flexibility index (Phi) is 7.09. The molecule has 1 heterocycles. The summed E-state index contributed by atoms with van der Waals surface area (Å²) in [4.78, 5) is 13.1. The number of halogens is 2. The first-order chi connectivity index (χ1) is 9.16. The molecule has 1 aromatic rings. The third kappa shape index (κ3) is 4.83. The van der Waals surface area contributed by atoms with Crippen LogP contribution in [0.5, 0.6) is 0 Å². The first kappa shape index (κ1) is 17.0. The number of benzene rings is 1. The highest BCUT2D eigenvalue weighted by atomic mass is 35.5. The predicted molar refractivity (Wildman–Crippen MR) is 81.4 cm³/mol. The molecule has 0 aromatic heterocycles. The first-order valence-corrected chi connectivity index (χ1v) is 6.61. The van der Waals surface area contributed by atoms with Crippen LogP contribution < -0.4 is 5.32 Å². The summed E-state index contributed by atoms with van der Waals surface area (Å²) >= 11 is 6.04. The number of nitrogens with zero attached hydrogens (tertiary/aromatic N) is 1. The summed E-state index contributed by atoms with van der Waals surface area (Å²) in [6, 6.07) is 4.71. The number of rotatable bonds is 5. The Labute approximate surface area is 129 Å². The number of carboxylic acid groups (broad SMARTS) is 1. The van der Waals surface area contributed by atoms with Crippen molar-refractivity contribution in [2.45, 2.75) is 0 Å². The van der Waals surface area contributed by atoms with E-state index in [0.29, 0.717) is 5.02 Å². The lowest BCUT2D eigenvalue weighted by Crippen LogP contribution is -2.39. The lowest BCUT2D eigenvalue weighted by atomic mass is 10.2. The van der Waals surface area contributed by atoms with Crippen LogP contribution in [0.3, 0.4) is 0 Å². The molecule has 0 unspecified atom stereocenters. The average molecular weight is 321 g/mol. The number of carbonyl (C=O) groups is 1. The maximum absolute atomic E-state index is 10.8. The number of carboxylic acids is 1. The number of anilines is 1. The second kappa shape index (κ2) is 8.32. The summed E-state index contributed by atoms with van der Waals surface area (Å²) in [6.45, 7) is 5.16. The van der Waals surface area contributed by atoms with Gasteiger partial charge in [-0.2, -0.15) is 0 Å². The maximum Gasteiger partial charge on any atom is 0.335 e. The van der Waals surface area contributed by atoms with Gasteiger partial charge < -0.3 is 15.2 Å². The van der Waals surface area contributed by atoms with E-state index in [1.165, 1.54) is 6.07 Å². The molecule has 0 bridgehead atoms. The highest BCUT2D eigenvalue weighted by molar-refractivity contribution is 6.33. The molecule has 1 aliphatic heterocycles. The van der Waals surface area contributed by atoms with Crippen molar-refractivity contribution in [3.05, 3.63) is 28.8 Å². The molecule has 1 fully saturated rings. The van der Waals surface area contributed by atoms with E-state index in [1.54, 1.807) is 12.1 Å². The molecule has 2 N–H and O–H groups in total. The van der Waals surface area contributed by atoms with Gasteiger partial charge in [0.2, 0.25) is 0 Å². The molecule has 0 spiro atoms. The Morgan fingerprint density at radius 1 is 1.40 bits per heavy atom. The topological polar surface area (TPSA) is 61.8 Å². The molecule has 0 radical (unpaired) electrons. The molecular formula is C13H18Cl2N2O3. The van der Waals surface area contributed by atoms with Crippen molar-refractivity contribution >= 4 is 35.7 Å². The Morgan fingerprint density at radius 3 is 2.70 bits per heavy atom. The van der Waals surface area contributed by atoms with Gasteiger partial charge >= 0.3 is 5.97 Å². The van der Waals surface area contributed by atoms with Crippen LogP contribution in [0.4, 0.5) is 5.69 Å². The van der Waals surface area contributed by atoms with Crippen LogP contribution in [-0.4, -0.2) is 55.4 Å². The summed E-state index contributed by atoms with van der Waals surface area (Å²) in [5, 5.41) is 12.5. The third-order valence-electron chi connectivity index (χ3n) is 3.06. The largest absolute Gasteiger partial charge is 0.478 e. The van der Waals surface area contributed by atoms with Crippen molar-refractivity contribution < 1.29 is 14.6 Å². The van der Waals surface area contributed by atoms with Gasteiger partial charge in [-0.25, -0.2) is 4.79 Å². The normalized spacial score (nSPS) is 15.4. The number of morpholine rings is 1. The van der Waals surface area contributed by atoms with Gasteiger partial charge in [-0.1, -0.05) is 11.6 Å². The fourth-order valence-electron chi connectivity index (χ4n) is 1.96. The number of nitrogens with one attached hydrogen (secondary N) is 1. The first-order valence-electron chi connectivity index (χ1n) is 6.23. The predicted octanol–water partition coefficient (Wildman–Crippen LogP) is 2.20. The molecule has 5 nitrogen and oxygen atoms in total. The van der Waals surface area contributed by atoms with Crippen molar-refractivity contribution in [2.75, 3.05) is 44.7 Å². The minimum Gasteiger partial charge on any atom is -0.478 e. The third-order valence-corrected chi connectivity index (χ3v) is 3.38. The fraction of sp³-hybridized carbons (Fsp3) is 0.462. The highest BCUT2D eigenvalue weighted by Crippen LogP contribution is 2.22. The van der Waals surface area contributed by atoms with Gasteiger partial charge in [-0.05, 0) is 18.2 Å². The van der Waals surface area contributed by atoms with Crippen LogP contribution in [0.25, 0.3) is 0 Å². The zero-order chi connectivity index (χ0) is 13.7. The number of ether oxygens (including phenoxy) is 1. The molecule has 0 atom stereocenters. The highest BCUT2D eigenvalue weighted by Gasteiger charge is 2.10. The molecule has 112 valence electrons. The van der Waals surface area contributed by atoms with Gasteiger partial charge in [0.1, 0.15) is 0 Å². The summed E-state index contributed by atoms with van der Waals surface area (Å²) < 4.78 is 5.28. The van der Waals surface area contributed by atoms with Crippen molar-refractivity contribution in [3.8, 4) is 0 Å². The molecule has 20 heavy (non-hydrogen) atoms. The summed E-state index contributed by atoms with van der Waals surface area (Å²) in [7, 11) is 0. The van der Waals surface area contributed by atoms with Gasteiger partial charge in [0, 0.05) is 26.2 Å². The second-order valence-electron chi connectivity index (χ2n) is 4.38. The zero-order valence-electron chi connectivity index (χ0n) is 11.0. The van der Waals surface area contributed by atoms with Crippen LogP contribution in [-0.2, 0) is 4.74 Å². The SMILES string of the molecule is Cl.O=C(O)c1ccc(NCCN2CCOCC2)c(Cl)c1. The van der Waals surface area contributed by atoms with Crippen LogP contribution in [0.15, 0.2) is 18.2 Å². The number of aromatic carboxylic acids is 1. The molecule has 0 amide bonds. The van der Waals surface area contributed by atoms with E-state index in [0.717, 1.165) is 45.1 Å². The Bertz CT molecular complexity index is 451. The van der Waals surface area contributed by atoms with Crippen LogP contribution in [0.2, 0.25) is 5.02 Å². The lowest BCUT2D eigenvalue weighted by Gasteiger charge is -2.26. The molecule has 0 aliphatic carbocycles. The number of hydrogen-bond donors (Lipinski definition) is 2. The quantitative estimate of drug-likeness (QED) is 0.871. The van der Waals surface area contributed by atoms with Crippen molar-refractivity contribution in [1.82, 2.24) is 4.90 Å². The van der Waals surface area contributed by atoms with E-state index in [4.69, 9.17) is 21.4 Å². The summed E-state index contributed by atoms with van der Waals surface area (Å²) in [6.07, 6.45) is 0. The van der Waals surface area contributed by atoms with E-state index in [1.807, 2.05) is 0 Å². The molecule has 2 rings (SSSR count). The van der Waals surface area contributed by atoms with Crippen molar-refractivity contribution in [2.24, 2.45) is 0 Å². The van der Waals surface area contributed by atoms with Crippen LogP contribution in [0, 0.1) is 0 Å². The minimum absolute atomic E-state index is 0. The maximum atomic E-state index is 10.8. The molecule has 0 saturated carbocycles. The average Bonchev–Trinajstić information content (AvgIpc) is 2.41. The summed E-state index contributed by atoms with van der Waals surface area (Å²) in [5.74, 6) is -0.971. The zero-order valence-corrected chi connectivity index (χ0v) is 12.5. The van der Waals surface area contributed by atoms with Gasteiger partial charge in [0.25, 0.3) is 0 Å². The van der Waals surface area contributed by atoms with Gasteiger partial charge in [-0.15, -0.1) is 12.4 Å². The smallest absolute Gasteiger partial charge is 0.335 e. The Morgan fingerprint density at radius 2 is 2.10 bits per heavy atom. The molecular weight excluding hydrogens is 303 g/mol. The second-order valence-corrected chi connectivity index (χ2v) is 4.79. The summed E-state index contributed by atoms with van der Waals surface area (Å²) in [5.41, 5.74) is 0.962. The van der Waals surface area contributed by atoms with Crippen LogP contribution in [0.1, 0.15) is 10.4 Å². The van der Waals surface area contributed by atoms with E-state index in [-0.39, 0.29) is 18.0 Å². The van der Waals surface area contributed by atoms with Crippen LogP contribution >= 0.6 is 24.0 Å². The van der Waals surface area contributed by atoms with Gasteiger partial charge in [0.15, 0.2) is 0 Å². The van der Waals surface area contributed by atoms with E-state index < -0.39 is 5.97 Å². The van der Waals surface area contributed by atoms with E-state index in [9.17, 15) is 4.79 Å². The van der Waals surface area contributed by atoms with E-state index >= 15 is 0 Å². The Hall–Kier alpha value is -1.01. The standard InChI is InChI=1S/C13H17ClN2O3.ClH/c14-11-9-10(13(17)18)1-2-12(11)15-3-4-16-5-7-19-8-6-16;/h1-2,9,15H,3-8H2,(H,17,18);1H. The molecule has 1 saturated heterocycles. The number of hydrogen-bond acceptors (Lipinski definition) is 4. The lowest BCUT2D eigenvalue weighted by molar-refractivity contribution is 0.0398. The monoisotopic (exact) mass is 320 g/mol. The van der Waals surface area contributed by atoms with E-state index in [2.05, 4.69) is 10.2 Å². The van der Waals surface area contributed by atoms with Gasteiger partial charge in [0.05, 0.1) is 29.5 Å². The van der Waals surface area contributed by atoms with Gasteiger partial charge in [-0.3, -0.25) is 4.90 Å². The molecule has 1 aliphatic rings. The van der Waals surface area contributed by atoms with Crippen molar-refractivity contribution in [3.63, 3.8) is 0 Å². The molecule has 7 heteroatoms. The Balaban J connectivity index is 0.00000200. The van der Waals surface area contributed by atoms with Crippen molar-refractivity contribution in [1.29, 1.82) is 0 Å². The fourth-order valence-corrected chi connectivity index (χ4v) is 2.21. The minimum atomic E-state index is -0.971. The molecule has 1 aromatic carbocycles.